The molecule has 1 N–H and O–H groups in total. The van der Waals surface area contributed by atoms with Crippen molar-refractivity contribution in [3.05, 3.63) is 59.1 Å². The third-order valence-corrected chi connectivity index (χ3v) is 5.60. The van der Waals surface area contributed by atoms with Crippen LogP contribution in [-0.4, -0.2) is 43.0 Å². The maximum Gasteiger partial charge on any atom is 0.242 e. The summed E-state index contributed by atoms with van der Waals surface area (Å²) in [6, 6.07) is 14.2. The zero-order valence-electron chi connectivity index (χ0n) is 19.8. The number of hydrogen-bond acceptors (Lipinski definition) is 4. The van der Waals surface area contributed by atoms with E-state index < -0.39 is 6.04 Å². The van der Waals surface area contributed by atoms with Gasteiger partial charge in [-0.1, -0.05) is 44.0 Å². The molecule has 0 spiro atoms. The number of carbonyl (C=O) groups is 2. The Hall–Kier alpha value is -2.73. The van der Waals surface area contributed by atoms with Gasteiger partial charge in [-0.3, -0.25) is 9.59 Å². The van der Waals surface area contributed by atoms with E-state index in [4.69, 9.17) is 21.1 Å². The molecule has 2 aromatic carbocycles. The maximum absolute atomic E-state index is 13.2. The molecule has 180 valence electrons. The number of amides is 2. The summed E-state index contributed by atoms with van der Waals surface area (Å²) < 4.78 is 10.9. The van der Waals surface area contributed by atoms with Gasteiger partial charge < -0.3 is 19.7 Å². The van der Waals surface area contributed by atoms with Crippen molar-refractivity contribution in [3.8, 4) is 11.5 Å². The van der Waals surface area contributed by atoms with Crippen LogP contribution in [0.3, 0.4) is 0 Å². The van der Waals surface area contributed by atoms with Gasteiger partial charge in [0.05, 0.1) is 13.7 Å². The van der Waals surface area contributed by atoms with E-state index in [1.54, 1.807) is 24.1 Å². The van der Waals surface area contributed by atoms with Crippen LogP contribution in [0.2, 0.25) is 5.02 Å². The molecule has 2 rings (SSSR count). The van der Waals surface area contributed by atoms with Gasteiger partial charge in [-0.15, -0.1) is 0 Å². The van der Waals surface area contributed by atoms with E-state index in [9.17, 15) is 9.59 Å². The Morgan fingerprint density at radius 1 is 1.00 bits per heavy atom. The molecule has 0 aromatic heterocycles. The molecule has 2 amide bonds. The topological polar surface area (TPSA) is 67.9 Å². The van der Waals surface area contributed by atoms with Crippen LogP contribution in [0.5, 0.6) is 11.5 Å². The summed E-state index contributed by atoms with van der Waals surface area (Å²) in [6.45, 7) is 5.39. The standard InChI is InChI=1S/C26H35ClN2O4/c1-4-6-17-28-26(31)24(5-2)29(19-20-9-11-21(27)12-10-20)25(30)8-7-18-33-23-15-13-22(32-3)14-16-23/h9-16,24H,4-8,17-19H2,1-3H3,(H,28,31). The van der Waals surface area contributed by atoms with Crippen molar-refractivity contribution in [2.24, 2.45) is 0 Å². The monoisotopic (exact) mass is 474 g/mol. The van der Waals surface area contributed by atoms with Crippen molar-refractivity contribution in [1.29, 1.82) is 0 Å². The van der Waals surface area contributed by atoms with Crippen molar-refractivity contribution >= 4 is 23.4 Å². The molecular formula is C26H35ClN2O4. The highest BCUT2D eigenvalue weighted by molar-refractivity contribution is 6.30. The lowest BCUT2D eigenvalue weighted by Crippen LogP contribution is -2.49. The van der Waals surface area contributed by atoms with Gasteiger partial charge in [0.15, 0.2) is 0 Å². The highest BCUT2D eigenvalue weighted by Crippen LogP contribution is 2.19. The predicted octanol–water partition coefficient (Wildman–Crippen LogP) is 5.23. The fraction of sp³-hybridized carbons (Fsp3) is 0.462. The summed E-state index contributed by atoms with van der Waals surface area (Å²) in [6.07, 6.45) is 3.30. The van der Waals surface area contributed by atoms with E-state index in [0.717, 1.165) is 29.9 Å². The first-order valence-electron chi connectivity index (χ1n) is 11.6. The first-order chi connectivity index (χ1) is 16.0. The molecule has 0 bridgehead atoms. The highest BCUT2D eigenvalue weighted by Gasteiger charge is 2.28. The predicted molar refractivity (Wildman–Crippen MR) is 132 cm³/mol. The molecule has 33 heavy (non-hydrogen) atoms. The number of rotatable bonds is 14. The minimum Gasteiger partial charge on any atom is -0.497 e. The number of halogens is 1. The molecule has 0 aliphatic heterocycles. The number of ether oxygens (including phenoxy) is 2. The van der Waals surface area contributed by atoms with Gasteiger partial charge in [0, 0.05) is 24.5 Å². The van der Waals surface area contributed by atoms with E-state index in [1.807, 2.05) is 43.3 Å². The van der Waals surface area contributed by atoms with Crippen LogP contribution in [0.15, 0.2) is 48.5 Å². The normalized spacial score (nSPS) is 11.5. The Labute approximate surface area is 202 Å². The summed E-state index contributed by atoms with van der Waals surface area (Å²) in [4.78, 5) is 27.7. The smallest absolute Gasteiger partial charge is 0.242 e. The molecule has 0 aliphatic carbocycles. The largest absolute Gasteiger partial charge is 0.497 e. The van der Waals surface area contributed by atoms with Crippen molar-refractivity contribution in [2.45, 2.75) is 58.5 Å². The molecule has 0 aliphatic rings. The van der Waals surface area contributed by atoms with E-state index >= 15 is 0 Å². The third kappa shape index (κ3) is 8.97. The Kier molecular flexibility index (Phi) is 11.6. The molecule has 1 unspecified atom stereocenters. The maximum atomic E-state index is 13.2. The molecule has 1 atom stereocenters. The molecule has 0 radical (unpaired) electrons. The van der Waals surface area contributed by atoms with Gasteiger partial charge in [0.1, 0.15) is 17.5 Å². The number of carbonyl (C=O) groups excluding carboxylic acids is 2. The fourth-order valence-corrected chi connectivity index (χ4v) is 3.57. The molecule has 0 saturated heterocycles. The van der Waals surface area contributed by atoms with E-state index in [0.29, 0.717) is 44.0 Å². The lowest BCUT2D eigenvalue weighted by atomic mass is 10.1. The molecule has 7 heteroatoms. The van der Waals surface area contributed by atoms with Crippen LogP contribution < -0.4 is 14.8 Å². The first-order valence-corrected chi connectivity index (χ1v) is 11.9. The zero-order valence-corrected chi connectivity index (χ0v) is 20.6. The molecule has 2 aromatic rings. The van der Waals surface area contributed by atoms with Crippen molar-refractivity contribution in [1.82, 2.24) is 10.2 Å². The average Bonchev–Trinajstić information content (AvgIpc) is 2.83. The molecule has 6 nitrogen and oxygen atoms in total. The van der Waals surface area contributed by atoms with Gasteiger partial charge in [0.2, 0.25) is 11.8 Å². The number of unbranched alkanes of at least 4 members (excludes halogenated alkanes) is 1. The third-order valence-electron chi connectivity index (χ3n) is 5.34. The van der Waals surface area contributed by atoms with Gasteiger partial charge in [-0.2, -0.15) is 0 Å². The van der Waals surface area contributed by atoms with Crippen LogP contribution in [0.25, 0.3) is 0 Å². The average molecular weight is 475 g/mol. The van der Waals surface area contributed by atoms with Crippen molar-refractivity contribution < 1.29 is 19.1 Å². The lowest BCUT2D eigenvalue weighted by Gasteiger charge is -2.31. The first kappa shape index (κ1) is 26.5. The van der Waals surface area contributed by atoms with Gasteiger partial charge in [-0.25, -0.2) is 0 Å². The minimum atomic E-state index is -0.521. The summed E-state index contributed by atoms with van der Waals surface area (Å²) in [5.74, 6) is 1.31. The second kappa shape index (κ2) is 14.4. The van der Waals surface area contributed by atoms with Crippen LogP contribution in [0.4, 0.5) is 0 Å². The van der Waals surface area contributed by atoms with Crippen LogP contribution in [-0.2, 0) is 16.1 Å². The second-order valence-corrected chi connectivity index (χ2v) is 8.28. The fourth-order valence-electron chi connectivity index (χ4n) is 3.44. The summed E-state index contributed by atoms with van der Waals surface area (Å²) in [5.41, 5.74) is 0.932. The van der Waals surface area contributed by atoms with Crippen LogP contribution >= 0.6 is 11.6 Å². The molecule has 0 heterocycles. The van der Waals surface area contributed by atoms with E-state index in [-0.39, 0.29) is 11.8 Å². The molecular weight excluding hydrogens is 440 g/mol. The molecule has 0 saturated carbocycles. The minimum absolute atomic E-state index is 0.0687. The summed E-state index contributed by atoms with van der Waals surface area (Å²) in [7, 11) is 1.62. The Morgan fingerprint density at radius 2 is 1.67 bits per heavy atom. The van der Waals surface area contributed by atoms with Gasteiger partial charge in [0.25, 0.3) is 0 Å². The van der Waals surface area contributed by atoms with Crippen molar-refractivity contribution in [2.75, 3.05) is 20.3 Å². The zero-order chi connectivity index (χ0) is 24.1. The molecule has 0 fully saturated rings. The number of nitrogens with one attached hydrogen (secondary N) is 1. The Bertz CT molecular complexity index is 856. The van der Waals surface area contributed by atoms with Gasteiger partial charge in [-0.05, 0) is 61.2 Å². The number of hydrogen-bond donors (Lipinski definition) is 1. The van der Waals surface area contributed by atoms with Crippen LogP contribution in [0.1, 0.15) is 51.5 Å². The second-order valence-electron chi connectivity index (χ2n) is 7.84. The lowest BCUT2D eigenvalue weighted by molar-refractivity contribution is -0.141. The SMILES string of the molecule is CCCCNC(=O)C(CC)N(Cc1ccc(Cl)cc1)C(=O)CCCOc1ccc(OC)cc1. The summed E-state index contributed by atoms with van der Waals surface area (Å²) in [5, 5.41) is 3.61. The van der Waals surface area contributed by atoms with E-state index in [1.165, 1.54) is 0 Å². The number of benzene rings is 2. The quantitative estimate of drug-likeness (QED) is 0.380. The van der Waals surface area contributed by atoms with Crippen molar-refractivity contribution in [3.63, 3.8) is 0 Å². The van der Waals surface area contributed by atoms with Gasteiger partial charge >= 0.3 is 0 Å². The Balaban J connectivity index is 2.00. The Morgan fingerprint density at radius 3 is 2.27 bits per heavy atom. The van der Waals surface area contributed by atoms with Crippen LogP contribution in [0, 0.1) is 0 Å². The number of methoxy groups -OCH3 is 1. The number of nitrogens with zero attached hydrogens (tertiary/aromatic N) is 1. The summed E-state index contributed by atoms with van der Waals surface area (Å²) >= 11 is 6.01. The highest BCUT2D eigenvalue weighted by atomic mass is 35.5. The van der Waals surface area contributed by atoms with E-state index in [2.05, 4.69) is 12.2 Å².